The number of aliphatic carboxylic acids is 1. The minimum absolute atomic E-state index is 0.00428. The van der Waals surface area contributed by atoms with Gasteiger partial charge in [0.2, 0.25) is 0 Å². The maximum atomic E-state index is 11.1. The van der Waals surface area contributed by atoms with Crippen molar-refractivity contribution in [1.82, 2.24) is 4.90 Å². The van der Waals surface area contributed by atoms with Gasteiger partial charge in [-0.25, -0.2) is 0 Å². The highest BCUT2D eigenvalue weighted by Gasteiger charge is 2.40. The minimum atomic E-state index is -0.843. The van der Waals surface area contributed by atoms with Gasteiger partial charge >= 0.3 is 5.97 Å². The van der Waals surface area contributed by atoms with Crippen molar-refractivity contribution < 1.29 is 14.6 Å². The van der Waals surface area contributed by atoms with E-state index < -0.39 is 5.97 Å². The molecule has 0 unspecified atom stereocenters. The van der Waals surface area contributed by atoms with Gasteiger partial charge in [0.1, 0.15) is 12.4 Å². The van der Waals surface area contributed by atoms with Crippen molar-refractivity contribution in [3.8, 4) is 17.6 Å². The van der Waals surface area contributed by atoms with E-state index in [9.17, 15) is 4.79 Å². The van der Waals surface area contributed by atoms with Gasteiger partial charge in [0.25, 0.3) is 0 Å². The van der Waals surface area contributed by atoms with E-state index in [1.165, 1.54) is 35.4 Å². The minimum Gasteiger partial charge on any atom is -0.488 e. The monoisotopic (exact) mass is 499 g/mol. The number of hydrogen-bond donors (Lipinski definition) is 1. The Balaban J connectivity index is 1.12. The van der Waals surface area contributed by atoms with Gasteiger partial charge in [-0.2, -0.15) is 0 Å². The van der Waals surface area contributed by atoms with E-state index in [1.54, 1.807) is 18.1 Å². The maximum Gasteiger partial charge on any atom is 0.304 e. The molecule has 0 saturated carbocycles. The number of benzene rings is 2. The molecule has 0 amide bonds. The van der Waals surface area contributed by atoms with Crippen LogP contribution >= 0.6 is 11.3 Å². The summed E-state index contributed by atoms with van der Waals surface area (Å²) in [6, 6.07) is 21.1. The number of piperidine rings is 1. The topological polar surface area (TPSA) is 49.8 Å². The second kappa shape index (κ2) is 10.9. The third-order valence-electron chi connectivity index (χ3n) is 7.73. The van der Waals surface area contributed by atoms with Gasteiger partial charge in [0.05, 0.1) is 12.3 Å². The number of carboxylic acid groups (broad SMARTS) is 1. The molecule has 186 valence electrons. The number of nitrogens with zero attached hydrogens (tertiary/aromatic N) is 1. The first-order valence-corrected chi connectivity index (χ1v) is 13.6. The number of likely N-dealkylation sites (tertiary alicyclic amines) is 1. The molecule has 2 aromatic carbocycles. The maximum absolute atomic E-state index is 11.1. The molecule has 1 aromatic heterocycles. The summed E-state index contributed by atoms with van der Waals surface area (Å²) in [5, 5.41) is 9.13. The van der Waals surface area contributed by atoms with Gasteiger partial charge in [-0.15, -0.1) is 17.3 Å². The number of fused-ring (bicyclic) bond motifs is 2. The summed E-state index contributed by atoms with van der Waals surface area (Å²) in [4.78, 5) is 16.3. The molecule has 5 heteroatoms. The number of thiophene rings is 1. The van der Waals surface area contributed by atoms with E-state index in [0.717, 1.165) is 30.9 Å². The average molecular weight is 500 g/mol. The molecule has 1 N–H and O–H groups in total. The Bertz CT molecular complexity index is 1260. The van der Waals surface area contributed by atoms with Crippen molar-refractivity contribution in [2.45, 2.75) is 63.5 Å². The van der Waals surface area contributed by atoms with Gasteiger partial charge < -0.3 is 9.84 Å². The summed E-state index contributed by atoms with van der Waals surface area (Å²) in [7, 11) is 0. The smallest absolute Gasteiger partial charge is 0.304 e. The molecule has 5 rings (SSSR count). The van der Waals surface area contributed by atoms with Crippen molar-refractivity contribution >= 4 is 17.3 Å². The molecule has 36 heavy (non-hydrogen) atoms. The third-order valence-corrected chi connectivity index (χ3v) is 8.78. The molecule has 0 bridgehead atoms. The third kappa shape index (κ3) is 5.51. The summed E-state index contributed by atoms with van der Waals surface area (Å²) in [6.45, 7) is 5.61. The first kappa shape index (κ1) is 24.6. The van der Waals surface area contributed by atoms with Gasteiger partial charge in [0, 0.05) is 16.3 Å². The summed E-state index contributed by atoms with van der Waals surface area (Å²) in [5.74, 6) is 5.47. The second-order valence-corrected chi connectivity index (χ2v) is 11.2. The van der Waals surface area contributed by atoms with Crippen LogP contribution in [0.1, 0.15) is 65.0 Å². The zero-order chi connectivity index (χ0) is 25.0. The van der Waals surface area contributed by atoms with Gasteiger partial charge in [0.15, 0.2) is 0 Å². The molecule has 4 nitrogen and oxygen atoms in total. The van der Waals surface area contributed by atoms with Crippen LogP contribution in [-0.2, 0) is 29.8 Å². The molecule has 1 saturated heterocycles. The first-order chi connectivity index (χ1) is 17.5. The Morgan fingerprint density at radius 2 is 1.81 bits per heavy atom. The standard InChI is InChI=1S/C31H33NO3S/c1-2-5-25(20-30(33)34)23-8-10-26(11-9-23)35-22-28-13-12-27(36-28)21-32-18-16-31(17-19-32)15-14-24-6-3-4-7-29(24)31/h3-4,6-13,25H,14-22H2,1H3,(H,33,34)/t25-/m1/s1. The highest BCUT2D eigenvalue weighted by molar-refractivity contribution is 7.11. The molecule has 1 atom stereocenters. The number of carboxylic acids is 1. The molecule has 3 aromatic rings. The predicted molar refractivity (Wildman–Crippen MR) is 144 cm³/mol. The lowest BCUT2D eigenvalue weighted by Gasteiger charge is -2.40. The molecular formula is C31H33NO3S. The zero-order valence-corrected chi connectivity index (χ0v) is 21.7. The zero-order valence-electron chi connectivity index (χ0n) is 20.8. The summed E-state index contributed by atoms with van der Waals surface area (Å²) < 4.78 is 6.01. The summed E-state index contributed by atoms with van der Waals surface area (Å²) >= 11 is 1.83. The van der Waals surface area contributed by atoms with Crippen LogP contribution in [0, 0.1) is 11.8 Å². The molecule has 1 aliphatic carbocycles. The van der Waals surface area contributed by atoms with Crippen LogP contribution in [0.3, 0.4) is 0 Å². The lowest BCUT2D eigenvalue weighted by Crippen LogP contribution is -2.41. The molecule has 0 radical (unpaired) electrons. The van der Waals surface area contributed by atoms with Crippen LogP contribution in [0.25, 0.3) is 0 Å². The molecule has 2 heterocycles. The fourth-order valence-corrected chi connectivity index (χ4v) is 6.75. The Morgan fingerprint density at radius 1 is 1.06 bits per heavy atom. The highest BCUT2D eigenvalue weighted by Crippen LogP contribution is 2.46. The van der Waals surface area contributed by atoms with Gasteiger partial charge in [-0.05, 0) is 92.1 Å². The van der Waals surface area contributed by atoms with Crippen LogP contribution in [0.4, 0.5) is 0 Å². The van der Waals surface area contributed by atoms with Crippen molar-refractivity contribution in [2.24, 2.45) is 0 Å². The Morgan fingerprint density at radius 3 is 2.56 bits per heavy atom. The molecule has 1 aliphatic heterocycles. The van der Waals surface area contributed by atoms with Crippen LogP contribution in [0.5, 0.6) is 5.75 Å². The van der Waals surface area contributed by atoms with E-state index in [-0.39, 0.29) is 12.3 Å². The fourth-order valence-electron chi connectivity index (χ4n) is 5.78. The lowest BCUT2D eigenvalue weighted by atomic mass is 9.74. The van der Waals surface area contributed by atoms with Crippen molar-refractivity contribution in [3.05, 3.63) is 87.1 Å². The average Bonchev–Trinajstić information content (AvgIpc) is 3.49. The fraction of sp³-hybridized carbons (Fsp3) is 0.387. The van der Waals surface area contributed by atoms with Gasteiger partial charge in [-0.3, -0.25) is 9.69 Å². The summed E-state index contributed by atoms with van der Waals surface area (Å²) in [5.41, 5.74) is 4.50. The number of rotatable bonds is 8. The van der Waals surface area contributed by atoms with E-state index in [0.29, 0.717) is 12.0 Å². The van der Waals surface area contributed by atoms with Crippen molar-refractivity contribution in [1.29, 1.82) is 0 Å². The van der Waals surface area contributed by atoms with Crippen LogP contribution in [0.15, 0.2) is 60.7 Å². The van der Waals surface area contributed by atoms with E-state index in [4.69, 9.17) is 9.84 Å². The van der Waals surface area contributed by atoms with E-state index in [1.807, 2.05) is 35.6 Å². The molecule has 2 aliphatic rings. The number of ether oxygens (including phenoxy) is 1. The quantitative estimate of drug-likeness (QED) is 0.365. The Kier molecular flexibility index (Phi) is 7.46. The van der Waals surface area contributed by atoms with Crippen molar-refractivity contribution in [2.75, 3.05) is 13.1 Å². The molecule has 1 fully saturated rings. The van der Waals surface area contributed by atoms with Crippen LogP contribution in [-0.4, -0.2) is 29.1 Å². The van der Waals surface area contributed by atoms with Gasteiger partial charge in [-0.1, -0.05) is 42.3 Å². The van der Waals surface area contributed by atoms with E-state index >= 15 is 0 Å². The Hall–Kier alpha value is -3.07. The molecular weight excluding hydrogens is 466 g/mol. The highest BCUT2D eigenvalue weighted by atomic mass is 32.1. The second-order valence-electron chi connectivity index (χ2n) is 9.98. The predicted octanol–water partition coefficient (Wildman–Crippen LogP) is 6.39. The number of aryl methyl sites for hydroxylation is 1. The van der Waals surface area contributed by atoms with E-state index in [2.05, 4.69) is 53.1 Å². The van der Waals surface area contributed by atoms with Crippen LogP contribution in [0.2, 0.25) is 0 Å². The van der Waals surface area contributed by atoms with Crippen LogP contribution < -0.4 is 4.74 Å². The largest absolute Gasteiger partial charge is 0.488 e. The Labute approximate surface area is 217 Å². The number of carbonyl (C=O) groups is 1. The normalized spacial score (nSPS) is 17.2. The first-order valence-electron chi connectivity index (χ1n) is 12.8. The lowest BCUT2D eigenvalue weighted by molar-refractivity contribution is -0.137. The summed E-state index contributed by atoms with van der Waals surface area (Å²) in [6.07, 6.45) is 5.08. The molecule has 1 spiro atoms. The SMILES string of the molecule is CC#C[C@H](CC(=O)O)c1ccc(OCc2ccc(CN3CCC4(CCc5ccccc54)CC3)s2)cc1. The van der Waals surface area contributed by atoms with Crippen molar-refractivity contribution in [3.63, 3.8) is 0 Å². The number of hydrogen-bond acceptors (Lipinski definition) is 4.